The molecular formula is C10H9N5OS3. The van der Waals surface area contributed by atoms with Crippen molar-refractivity contribution in [1.82, 2.24) is 24.8 Å². The summed E-state index contributed by atoms with van der Waals surface area (Å²) >= 11 is 4.49. The molecule has 19 heavy (non-hydrogen) atoms. The second kappa shape index (κ2) is 4.99. The number of aromatic nitrogens is 5. The van der Waals surface area contributed by atoms with E-state index in [2.05, 4.69) is 20.3 Å². The molecule has 3 rings (SSSR count). The van der Waals surface area contributed by atoms with Crippen LogP contribution in [0, 0.1) is 13.8 Å². The Morgan fingerprint density at radius 3 is 2.84 bits per heavy atom. The van der Waals surface area contributed by atoms with Crippen molar-refractivity contribution in [2.75, 3.05) is 0 Å². The Hall–Kier alpha value is -1.32. The van der Waals surface area contributed by atoms with Crippen LogP contribution in [0.4, 0.5) is 0 Å². The summed E-state index contributed by atoms with van der Waals surface area (Å²) in [5.74, 6) is 0.608. The first kappa shape index (κ1) is 12.7. The molecule has 3 heterocycles. The molecule has 0 atom stereocenters. The van der Waals surface area contributed by atoms with Crippen LogP contribution in [0.2, 0.25) is 0 Å². The van der Waals surface area contributed by atoms with E-state index in [4.69, 9.17) is 0 Å². The lowest BCUT2D eigenvalue weighted by Crippen LogP contribution is -2.15. The first-order valence-electron chi connectivity index (χ1n) is 5.41. The fraction of sp³-hybridized carbons (Fsp3) is 0.300. The van der Waals surface area contributed by atoms with Gasteiger partial charge in [0.15, 0.2) is 4.34 Å². The molecule has 0 amide bonds. The molecule has 9 heteroatoms. The number of hydrogen-bond donors (Lipinski definition) is 0. The summed E-state index contributed by atoms with van der Waals surface area (Å²) in [6.45, 7) is 3.77. The van der Waals surface area contributed by atoms with Crippen molar-refractivity contribution in [2.24, 2.45) is 0 Å². The highest BCUT2D eigenvalue weighted by molar-refractivity contribution is 8.00. The molecule has 98 valence electrons. The summed E-state index contributed by atoms with van der Waals surface area (Å²) in [5.41, 5.74) is 0.602. The van der Waals surface area contributed by atoms with Crippen LogP contribution in [0.1, 0.15) is 15.7 Å². The van der Waals surface area contributed by atoms with Crippen molar-refractivity contribution in [3.05, 3.63) is 32.1 Å². The van der Waals surface area contributed by atoms with Crippen molar-refractivity contribution in [1.29, 1.82) is 0 Å². The maximum Gasteiger partial charge on any atom is 0.275 e. The zero-order valence-corrected chi connectivity index (χ0v) is 12.6. The van der Waals surface area contributed by atoms with Gasteiger partial charge in [-0.15, -0.1) is 10.2 Å². The molecule has 0 saturated heterocycles. The maximum atomic E-state index is 11.9. The third kappa shape index (κ3) is 2.67. The van der Waals surface area contributed by atoms with Crippen LogP contribution in [0.25, 0.3) is 4.96 Å². The van der Waals surface area contributed by atoms with Gasteiger partial charge in [0.1, 0.15) is 10.0 Å². The summed E-state index contributed by atoms with van der Waals surface area (Å²) < 4.78 is 2.23. The van der Waals surface area contributed by atoms with Crippen LogP contribution in [0.3, 0.4) is 0 Å². The number of thioether (sulfide) groups is 1. The van der Waals surface area contributed by atoms with Gasteiger partial charge in [-0.2, -0.15) is 9.61 Å². The molecule has 0 bridgehead atoms. The van der Waals surface area contributed by atoms with Crippen LogP contribution in [0.15, 0.2) is 15.2 Å². The molecule has 0 aliphatic rings. The zero-order chi connectivity index (χ0) is 13.4. The highest BCUT2D eigenvalue weighted by atomic mass is 32.2. The van der Waals surface area contributed by atoms with Gasteiger partial charge in [0.2, 0.25) is 4.96 Å². The van der Waals surface area contributed by atoms with Gasteiger partial charge in [0, 0.05) is 11.8 Å². The Balaban J connectivity index is 1.87. The predicted octanol–water partition coefficient (Wildman–Crippen LogP) is 1.91. The van der Waals surface area contributed by atoms with Crippen LogP contribution < -0.4 is 5.56 Å². The molecule has 6 nitrogen and oxygen atoms in total. The third-order valence-corrected chi connectivity index (χ3v) is 5.08. The minimum atomic E-state index is -0.140. The molecular weight excluding hydrogens is 302 g/mol. The number of aryl methyl sites for hydroxylation is 2. The molecule has 0 unspecified atom stereocenters. The van der Waals surface area contributed by atoms with Gasteiger partial charge in [0.05, 0.1) is 5.69 Å². The summed E-state index contributed by atoms with van der Waals surface area (Å²) in [6, 6.07) is 1.52. The summed E-state index contributed by atoms with van der Waals surface area (Å²) in [7, 11) is 0. The normalized spacial score (nSPS) is 11.3. The zero-order valence-electron chi connectivity index (χ0n) is 10.2. The van der Waals surface area contributed by atoms with E-state index in [9.17, 15) is 4.79 Å². The molecule has 0 aliphatic heterocycles. The van der Waals surface area contributed by atoms with Crippen LogP contribution in [0.5, 0.6) is 0 Å². The molecule has 0 N–H and O–H groups in total. The SMILES string of the molecule is Cc1nnc(SCc2cc(=O)n3nc(C)sc3n2)s1. The van der Waals surface area contributed by atoms with Crippen molar-refractivity contribution in [3.8, 4) is 0 Å². The smallest absolute Gasteiger partial charge is 0.267 e. The van der Waals surface area contributed by atoms with Gasteiger partial charge in [-0.3, -0.25) is 4.79 Å². The van der Waals surface area contributed by atoms with E-state index in [0.29, 0.717) is 10.7 Å². The number of nitrogens with zero attached hydrogens (tertiary/aromatic N) is 5. The van der Waals surface area contributed by atoms with Crippen LogP contribution in [-0.2, 0) is 5.75 Å². The molecule has 0 spiro atoms. The number of rotatable bonds is 3. The Morgan fingerprint density at radius 1 is 1.26 bits per heavy atom. The maximum absolute atomic E-state index is 11.9. The molecule has 0 aliphatic carbocycles. The molecule has 3 aromatic heterocycles. The quantitative estimate of drug-likeness (QED) is 0.688. The lowest BCUT2D eigenvalue weighted by Gasteiger charge is -1.97. The van der Waals surface area contributed by atoms with Gasteiger partial charge in [-0.1, -0.05) is 34.4 Å². The molecule has 3 aromatic rings. The van der Waals surface area contributed by atoms with Gasteiger partial charge in [-0.05, 0) is 13.8 Å². The van der Waals surface area contributed by atoms with E-state index in [-0.39, 0.29) is 5.56 Å². The van der Waals surface area contributed by atoms with Gasteiger partial charge in [-0.25, -0.2) is 4.98 Å². The lowest BCUT2D eigenvalue weighted by atomic mass is 10.4. The largest absolute Gasteiger partial charge is 0.275 e. The topological polar surface area (TPSA) is 73.0 Å². The Morgan fingerprint density at radius 2 is 2.11 bits per heavy atom. The predicted molar refractivity (Wildman–Crippen MR) is 76.1 cm³/mol. The summed E-state index contributed by atoms with van der Waals surface area (Å²) in [6.07, 6.45) is 0. The highest BCUT2D eigenvalue weighted by Gasteiger charge is 2.08. The first-order chi connectivity index (χ1) is 9.11. The monoisotopic (exact) mass is 311 g/mol. The van der Waals surface area contributed by atoms with E-state index >= 15 is 0 Å². The molecule has 0 fully saturated rings. The Labute approximate surface area is 120 Å². The molecule has 0 aromatic carbocycles. The number of fused-ring (bicyclic) bond motifs is 1. The highest BCUT2D eigenvalue weighted by Crippen LogP contribution is 2.24. The minimum Gasteiger partial charge on any atom is -0.267 e. The van der Waals surface area contributed by atoms with Gasteiger partial charge in [0.25, 0.3) is 5.56 Å². The molecule has 0 radical (unpaired) electrons. The fourth-order valence-electron chi connectivity index (χ4n) is 1.50. The van der Waals surface area contributed by atoms with Crippen molar-refractivity contribution >= 4 is 39.4 Å². The van der Waals surface area contributed by atoms with Gasteiger partial charge >= 0.3 is 0 Å². The van der Waals surface area contributed by atoms with Crippen LogP contribution in [-0.4, -0.2) is 24.8 Å². The van der Waals surface area contributed by atoms with E-state index in [1.54, 1.807) is 0 Å². The minimum absolute atomic E-state index is 0.140. The van der Waals surface area contributed by atoms with Crippen molar-refractivity contribution < 1.29 is 0 Å². The van der Waals surface area contributed by atoms with E-state index in [0.717, 1.165) is 20.0 Å². The lowest BCUT2D eigenvalue weighted by molar-refractivity contribution is 0.871. The average Bonchev–Trinajstić information content (AvgIpc) is 2.92. The Bertz CT molecular complexity index is 790. The number of hydrogen-bond acceptors (Lipinski definition) is 8. The fourth-order valence-corrected chi connectivity index (χ4v) is 3.97. The second-order valence-electron chi connectivity index (χ2n) is 3.78. The summed E-state index contributed by atoms with van der Waals surface area (Å²) in [4.78, 5) is 16.9. The van der Waals surface area contributed by atoms with E-state index < -0.39 is 0 Å². The average molecular weight is 311 g/mol. The van der Waals surface area contributed by atoms with Crippen molar-refractivity contribution in [2.45, 2.75) is 23.9 Å². The third-order valence-electron chi connectivity index (χ3n) is 2.25. The first-order valence-corrected chi connectivity index (χ1v) is 8.03. The summed E-state index contributed by atoms with van der Waals surface area (Å²) in [5, 5.41) is 13.9. The standard InChI is InChI=1S/C10H9N5OS3/c1-5-12-13-10(19-5)17-4-7-3-8(16)15-9(11-7)18-6(2)14-15/h3H,4H2,1-2H3. The molecule has 0 saturated carbocycles. The van der Waals surface area contributed by atoms with E-state index in [1.165, 1.54) is 45.0 Å². The van der Waals surface area contributed by atoms with E-state index in [1.807, 2.05) is 13.8 Å². The van der Waals surface area contributed by atoms with Crippen LogP contribution >= 0.6 is 34.4 Å². The second-order valence-corrected chi connectivity index (χ2v) is 7.34. The Kier molecular flexibility index (Phi) is 3.33. The van der Waals surface area contributed by atoms with Gasteiger partial charge < -0.3 is 0 Å². The van der Waals surface area contributed by atoms with Crippen molar-refractivity contribution in [3.63, 3.8) is 0 Å².